The molecule has 0 saturated heterocycles. The van der Waals surface area contributed by atoms with Crippen molar-refractivity contribution >= 4 is 43.5 Å². The second-order valence-corrected chi connectivity index (χ2v) is 7.01. The molecule has 0 amide bonds. The highest BCUT2D eigenvalue weighted by molar-refractivity contribution is 9.10. The van der Waals surface area contributed by atoms with Gasteiger partial charge in [-0.3, -0.25) is 0 Å². The van der Waals surface area contributed by atoms with E-state index < -0.39 is 0 Å². The van der Waals surface area contributed by atoms with Crippen molar-refractivity contribution in [1.29, 1.82) is 0 Å². The molecule has 0 aliphatic heterocycles. The summed E-state index contributed by atoms with van der Waals surface area (Å²) in [6, 6.07) is 14.3. The SMILES string of the molecule is NCC(Cc1ccc(Br)cc1Cl)Cc1ccccc1Br. The molecular weight excluding hydrogens is 401 g/mol. The second-order valence-electron chi connectivity index (χ2n) is 4.84. The van der Waals surface area contributed by atoms with E-state index >= 15 is 0 Å². The highest BCUT2D eigenvalue weighted by Gasteiger charge is 2.13. The largest absolute Gasteiger partial charge is 0.330 e. The Morgan fingerprint density at radius 2 is 1.70 bits per heavy atom. The maximum atomic E-state index is 6.28. The van der Waals surface area contributed by atoms with Gasteiger partial charge in [0.25, 0.3) is 0 Å². The third kappa shape index (κ3) is 4.32. The van der Waals surface area contributed by atoms with E-state index in [2.05, 4.69) is 56.1 Å². The third-order valence-electron chi connectivity index (χ3n) is 3.32. The van der Waals surface area contributed by atoms with Crippen LogP contribution in [-0.4, -0.2) is 6.54 Å². The topological polar surface area (TPSA) is 26.0 Å². The molecule has 0 fully saturated rings. The lowest BCUT2D eigenvalue weighted by Crippen LogP contribution is -2.19. The summed E-state index contributed by atoms with van der Waals surface area (Å²) in [6.07, 6.45) is 1.84. The third-order valence-corrected chi connectivity index (χ3v) is 4.94. The van der Waals surface area contributed by atoms with E-state index in [9.17, 15) is 0 Å². The van der Waals surface area contributed by atoms with Crippen LogP contribution in [0.5, 0.6) is 0 Å². The van der Waals surface area contributed by atoms with Gasteiger partial charge in [0.1, 0.15) is 0 Å². The van der Waals surface area contributed by atoms with Gasteiger partial charge in [-0.2, -0.15) is 0 Å². The summed E-state index contributed by atoms with van der Waals surface area (Å²) < 4.78 is 2.14. The molecule has 0 aromatic heterocycles. The first kappa shape index (κ1) is 16.0. The Morgan fingerprint density at radius 3 is 2.35 bits per heavy atom. The molecule has 1 atom stereocenters. The van der Waals surface area contributed by atoms with E-state index in [1.165, 1.54) is 5.56 Å². The molecular formula is C16H16Br2ClN. The molecule has 2 N–H and O–H groups in total. The van der Waals surface area contributed by atoms with Crippen LogP contribution >= 0.6 is 43.5 Å². The van der Waals surface area contributed by atoms with E-state index in [-0.39, 0.29) is 0 Å². The van der Waals surface area contributed by atoms with Gasteiger partial charge in [0.15, 0.2) is 0 Å². The van der Waals surface area contributed by atoms with E-state index in [1.807, 2.05) is 18.2 Å². The first-order valence-corrected chi connectivity index (χ1v) is 8.44. The molecule has 0 aliphatic rings. The van der Waals surface area contributed by atoms with Crippen LogP contribution in [0.15, 0.2) is 51.4 Å². The maximum absolute atomic E-state index is 6.28. The predicted molar refractivity (Wildman–Crippen MR) is 93.2 cm³/mol. The van der Waals surface area contributed by atoms with Crippen molar-refractivity contribution in [2.45, 2.75) is 12.8 Å². The number of rotatable bonds is 5. The van der Waals surface area contributed by atoms with E-state index in [4.69, 9.17) is 17.3 Å². The molecule has 0 bridgehead atoms. The molecule has 20 heavy (non-hydrogen) atoms. The van der Waals surface area contributed by atoms with Gasteiger partial charge in [-0.15, -0.1) is 0 Å². The van der Waals surface area contributed by atoms with Crippen LogP contribution < -0.4 is 5.73 Å². The van der Waals surface area contributed by atoms with E-state index in [0.29, 0.717) is 12.5 Å². The first-order valence-electron chi connectivity index (χ1n) is 6.47. The molecule has 2 rings (SSSR count). The van der Waals surface area contributed by atoms with Crippen molar-refractivity contribution in [1.82, 2.24) is 0 Å². The van der Waals surface area contributed by atoms with Crippen molar-refractivity contribution < 1.29 is 0 Å². The van der Waals surface area contributed by atoms with Gasteiger partial charge in [-0.1, -0.05) is 67.7 Å². The van der Waals surface area contributed by atoms with Gasteiger partial charge >= 0.3 is 0 Å². The molecule has 0 spiro atoms. The summed E-state index contributed by atoms with van der Waals surface area (Å²) in [5, 5.41) is 0.796. The fourth-order valence-corrected chi connectivity index (χ4v) is 3.41. The average molecular weight is 418 g/mol. The lowest BCUT2D eigenvalue weighted by atomic mass is 9.92. The van der Waals surface area contributed by atoms with Gasteiger partial charge < -0.3 is 5.73 Å². The van der Waals surface area contributed by atoms with Crippen molar-refractivity contribution in [3.8, 4) is 0 Å². The van der Waals surface area contributed by atoms with E-state index in [1.54, 1.807) is 0 Å². The number of nitrogens with two attached hydrogens (primary N) is 1. The summed E-state index contributed by atoms with van der Waals surface area (Å²) in [6.45, 7) is 0.647. The maximum Gasteiger partial charge on any atom is 0.0449 e. The molecule has 106 valence electrons. The fraction of sp³-hybridized carbons (Fsp3) is 0.250. The standard InChI is InChI=1S/C16H16Br2ClN/c17-14-6-5-13(16(19)9-14)8-11(10-20)7-12-3-1-2-4-15(12)18/h1-6,9,11H,7-8,10,20H2. The quantitative estimate of drug-likeness (QED) is 0.709. The highest BCUT2D eigenvalue weighted by Crippen LogP contribution is 2.26. The Labute approximate surface area is 141 Å². The van der Waals surface area contributed by atoms with Crippen LogP contribution in [0.4, 0.5) is 0 Å². The Hall–Kier alpha value is -0.350. The van der Waals surface area contributed by atoms with Crippen molar-refractivity contribution in [2.75, 3.05) is 6.54 Å². The van der Waals surface area contributed by atoms with Crippen molar-refractivity contribution in [2.24, 2.45) is 11.7 Å². The second kappa shape index (κ2) is 7.60. The first-order chi connectivity index (χ1) is 9.60. The van der Waals surface area contributed by atoms with Gasteiger partial charge in [-0.25, -0.2) is 0 Å². The zero-order chi connectivity index (χ0) is 14.5. The van der Waals surface area contributed by atoms with Gasteiger partial charge in [0, 0.05) is 14.0 Å². The molecule has 2 aromatic carbocycles. The van der Waals surface area contributed by atoms with Crippen LogP contribution in [0.3, 0.4) is 0 Å². The Balaban J connectivity index is 2.11. The summed E-state index contributed by atoms with van der Waals surface area (Å²) in [5.74, 6) is 0.382. The minimum absolute atomic E-state index is 0.382. The molecule has 0 heterocycles. The van der Waals surface area contributed by atoms with Crippen LogP contribution in [0.1, 0.15) is 11.1 Å². The normalized spacial score (nSPS) is 12.4. The minimum Gasteiger partial charge on any atom is -0.330 e. The summed E-state index contributed by atoms with van der Waals surface area (Å²) in [4.78, 5) is 0. The monoisotopic (exact) mass is 415 g/mol. The zero-order valence-electron chi connectivity index (χ0n) is 11.0. The average Bonchev–Trinajstić information content (AvgIpc) is 2.43. The number of hydrogen-bond donors (Lipinski definition) is 1. The molecule has 0 saturated carbocycles. The molecule has 1 nitrogen and oxygen atoms in total. The zero-order valence-corrected chi connectivity index (χ0v) is 14.9. The molecule has 4 heteroatoms. The number of benzene rings is 2. The van der Waals surface area contributed by atoms with Crippen molar-refractivity contribution in [3.05, 3.63) is 67.6 Å². The van der Waals surface area contributed by atoms with Gasteiger partial charge in [-0.05, 0) is 54.6 Å². The van der Waals surface area contributed by atoms with Crippen LogP contribution in [-0.2, 0) is 12.8 Å². The lowest BCUT2D eigenvalue weighted by Gasteiger charge is -2.17. The summed E-state index contributed by atoms with van der Waals surface area (Å²) >= 11 is 13.3. The Bertz CT molecular complexity index is 586. The minimum atomic E-state index is 0.382. The predicted octanol–water partition coefficient (Wildman–Crippen LogP) is 5.23. The molecule has 0 aliphatic carbocycles. The Morgan fingerprint density at radius 1 is 1.00 bits per heavy atom. The lowest BCUT2D eigenvalue weighted by molar-refractivity contribution is 0.532. The summed E-state index contributed by atoms with van der Waals surface area (Å²) in [5.41, 5.74) is 8.37. The summed E-state index contributed by atoms with van der Waals surface area (Å²) in [7, 11) is 0. The van der Waals surface area contributed by atoms with Crippen LogP contribution in [0.25, 0.3) is 0 Å². The highest BCUT2D eigenvalue weighted by atomic mass is 79.9. The number of hydrogen-bond acceptors (Lipinski definition) is 1. The smallest absolute Gasteiger partial charge is 0.0449 e. The van der Waals surface area contributed by atoms with Gasteiger partial charge in [0.05, 0.1) is 0 Å². The number of halogens is 3. The molecule has 1 unspecified atom stereocenters. The van der Waals surface area contributed by atoms with Crippen molar-refractivity contribution in [3.63, 3.8) is 0 Å². The fourth-order valence-electron chi connectivity index (χ4n) is 2.21. The van der Waals surface area contributed by atoms with Crippen LogP contribution in [0.2, 0.25) is 5.02 Å². The van der Waals surface area contributed by atoms with Crippen LogP contribution in [0, 0.1) is 5.92 Å². The van der Waals surface area contributed by atoms with E-state index in [0.717, 1.165) is 32.4 Å². The Kier molecular flexibility index (Phi) is 6.09. The molecule has 0 radical (unpaired) electrons. The molecule has 2 aromatic rings. The van der Waals surface area contributed by atoms with Gasteiger partial charge in [0.2, 0.25) is 0 Å².